The van der Waals surface area contributed by atoms with Crippen molar-refractivity contribution in [3.8, 4) is 0 Å². The first kappa shape index (κ1) is 9.69. The Morgan fingerprint density at radius 2 is 2.21 bits per heavy atom. The van der Waals surface area contributed by atoms with Gasteiger partial charge in [0.2, 0.25) is 0 Å². The van der Waals surface area contributed by atoms with Crippen molar-refractivity contribution in [1.29, 1.82) is 0 Å². The topological polar surface area (TPSA) is 30.7 Å². The van der Waals surface area contributed by atoms with Gasteiger partial charge in [0.15, 0.2) is 0 Å². The van der Waals surface area contributed by atoms with E-state index in [0.717, 1.165) is 18.4 Å². The van der Waals surface area contributed by atoms with Gasteiger partial charge in [-0.15, -0.1) is 0 Å². The molecule has 1 aliphatic carbocycles. The molecule has 1 aromatic heterocycles. The van der Waals surface area contributed by atoms with E-state index in [1.54, 1.807) is 6.33 Å². The Bertz CT molecular complexity index is 289. The lowest BCUT2D eigenvalue weighted by molar-refractivity contribution is 0.175. The zero-order valence-electron chi connectivity index (χ0n) is 9.27. The minimum atomic E-state index is 0.450. The van der Waals surface area contributed by atoms with Gasteiger partial charge in [0.1, 0.15) is 12.7 Å². The molecule has 0 saturated heterocycles. The molecule has 3 heteroatoms. The average Bonchev–Trinajstić information content (AvgIpc) is 2.70. The summed E-state index contributed by atoms with van der Waals surface area (Å²) in [5, 5.41) is 4.18. The number of nitrogens with zero attached hydrogens (tertiary/aromatic N) is 3. The predicted molar refractivity (Wildman–Crippen MR) is 55.7 cm³/mol. The Balaban J connectivity index is 2.06. The van der Waals surface area contributed by atoms with Crippen LogP contribution in [0, 0.1) is 17.3 Å². The SMILES string of the molecule is C[C@H]1CC[C@H](Cn2cncn2)C1(C)C. The number of hydrogen-bond donors (Lipinski definition) is 0. The van der Waals surface area contributed by atoms with Gasteiger partial charge >= 0.3 is 0 Å². The monoisotopic (exact) mass is 193 g/mol. The summed E-state index contributed by atoms with van der Waals surface area (Å²) in [5.41, 5.74) is 0.450. The third-order valence-corrected chi connectivity index (χ3v) is 4.14. The van der Waals surface area contributed by atoms with Crippen molar-refractivity contribution >= 4 is 0 Å². The Labute approximate surface area is 85.5 Å². The molecule has 1 fully saturated rings. The van der Waals surface area contributed by atoms with E-state index in [1.807, 2.05) is 11.0 Å². The van der Waals surface area contributed by atoms with Crippen LogP contribution in [-0.2, 0) is 6.54 Å². The van der Waals surface area contributed by atoms with Gasteiger partial charge in [0, 0.05) is 6.54 Å². The van der Waals surface area contributed by atoms with E-state index in [9.17, 15) is 0 Å². The second kappa shape index (κ2) is 3.37. The minimum Gasteiger partial charge on any atom is -0.253 e. The molecule has 1 heterocycles. The summed E-state index contributed by atoms with van der Waals surface area (Å²) in [5.74, 6) is 1.58. The fourth-order valence-corrected chi connectivity index (χ4v) is 2.48. The summed E-state index contributed by atoms with van der Waals surface area (Å²) in [7, 11) is 0. The molecule has 0 aromatic carbocycles. The van der Waals surface area contributed by atoms with E-state index in [1.165, 1.54) is 12.8 Å². The fraction of sp³-hybridized carbons (Fsp3) is 0.818. The molecule has 0 unspecified atom stereocenters. The van der Waals surface area contributed by atoms with Crippen LogP contribution in [0.1, 0.15) is 33.6 Å². The Kier molecular flexibility index (Phi) is 2.33. The Hall–Kier alpha value is -0.860. The highest BCUT2D eigenvalue weighted by Gasteiger charge is 2.40. The Morgan fingerprint density at radius 3 is 2.71 bits per heavy atom. The second-order valence-electron chi connectivity index (χ2n) is 5.11. The lowest BCUT2D eigenvalue weighted by Crippen LogP contribution is -2.27. The van der Waals surface area contributed by atoms with Crippen molar-refractivity contribution in [3.05, 3.63) is 12.7 Å². The van der Waals surface area contributed by atoms with Crippen LogP contribution in [0.15, 0.2) is 12.7 Å². The van der Waals surface area contributed by atoms with Crippen molar-refractivity contribution in [3.63, 3.8) is 0 Å². The third-order valence-electron chi connectivity index (χ3n) is 4.14. The number of rotatable bonds is 2. The van der Waals surface area contributed by atoms with Crippen molar-refractivity contribution in [2.75, 3.05) is 0 Å². The number of hydrogen-bond acceptors (Lipinski definition) is 2. The van der Waals surface area contributed by atoms with Crippen LogP contribution in [0.25, 0.3) is 0 Å². The van der Waals surface area contributed by atoms with Gasteiger partial charge in [-0.25, -0.2) is 4.98 Å². The summed E-state index contributed by atoms with van der Waals surface area (Å²) in [4.78, 5) is 3.98. The van der Waals surface area contributed by atoms with Crippen LogP contribution in [-0.4, -0.2) is 14.8 Å². The van der Waals surface area contributed by atoms with Gasteiger partial charge in [-0.05, 0) is 30.1 Å². The van der Waals surface area contributed by atoms with Gasteiger partial charge < -0.3 is 0 Å². The van der Waals surface area contributed by atoms with Gasteiger partial charge in [-0.3, -0.25) is 4.68 Å². The van der Waals surface area contributed by atoms with Crippen LogP contribution in [0.5, 0.6) is 0 Å². The highest BCUT2D eigenvalue weighted by molar-refractivity contribution is 4.89. The molecule has 0 radical (unpaired) electrons. The maximum atomic E-state index is 4.18. The zero-order chi connectivity index (χ0) is 10.2. The summed E-state index contributed by atoms with van der Waals surface area (Å²) in [6.07, 6.45) is 6.12. The van der Waals surface area contributed by atoms with E-state index in [0.29, 0.717) is 5.41 Å². The Morgan fingerprint density at radius 1 is 1.43 bits per heavy atom. The predicted octanol–water partition coefficient (Wildman–Crippen LogP) is 2.35. The molecule has 1 aliphatic rings. The highest BCUT2D eigenvalue weighted by atomic mass is 15.3. The molecule has 0 N–H and O–H groups in total. The van der Waals surface area contributed by atoms with Crippen LogP contribution in [0.2, 0.25) is 0 Å². The normalized spacial score (nSPS) is 30.8. The third kappa shape index (κ3) is 1.56. The quantitative estimate of drug-likeness (QED) is 0.722. The van der Waals surface area contributed by atoms with Gasteiger partial charge in [0.05, 0.1) is 0 Å². The molecule has 14 heavy (non-hydrogen) atoms. The van der Waals surface area contributed by atoms with E-state index in [4.69, 9.17) is 0 Å². The molecular formula is C11H19N3. The first-order chi connectivity index (χ1) is 6.60. The first-order valence-electron chi connectivity index (χ1n) is 5.43. The average molecular weight is 193 g/mol. The smallest absolute Gasteiger partial charge is 0.137 e. The molecule has 2 atom stereocenters. The fourth-order valence-electron chi connectivity index (χ4n) is 2.48. The summed E-state index contributed by atoms with van der Waals surface area (Å²) >= 11 is 0. The van der Waals surface area contributed by atoms with Gasteiger partial charge in [-0.1, -0.05) is 20.8 Å². The molecule has 1 saturated carbocycles. The summed E-state index contributed by atoms with van der Waals surface area (Å²) in [6, 6.07) is 0. The van der Waals surface area contributed by atoms with Crippen molar-refractivity contribution in [2.24, 2.45) is 17.3 Å². The van der Waals surface area contributed by atoms with Crippen LogP contribution >= 0.6 is 0 Å². The molecule has 2 rings (SSSR count). The largest absolute Gasteiger partial charge is 0.253 e. The van der Waals surface area contributed by atoms with Crippen LogP contribution < -0.4 is 0 Å². The van der Waals surface area contributed by atoms with Gasteiger partial charge in [0.25, 0.3) is 0 Å². The molecule has 1 aromatic rings. The van der Waals surface area contributed by atoms with Crippen molar-refractivity contribution < 1.29 is 0 Å². The molecule has 0 amide bonds. The molecule has 78 valence electrons. The van der Waals surface area contributed by atoms with E-state index < -0.39 is 0 Å². The molecular weight excluding hydrogens is 174 g/mol. The highest BCUT2D eigenvalue weighted by Crippen LogP contribution is 2.47. The molecule has 0 spiro atoms. The molecule has 0 bridgehead atoms. The molecule has 0 aliphatic heterocycles. The first-order valence-corrected chi connectivity index (χ1v) is 5.43. The van der Waals surface area contributed by atoms with Gasteiger partial charge in [-0.2, -0.15) is 5.10 Å². The second-order valence-corrected chi connectivity index (χ2v) is 5.11. The van der Waals surface area contributed by atoms with Crippen molar-refractivity contribution in [1.82, 2.24) is 14.8 Å². The maximum Gasteiger partial charge on any atom is 0.137 e. The lowest BCUT2D eigenvalue weighted by Gasteiger charge is -2.31. The summed E-state index contributed by atoms with van der Waals surface area (Å²) < 4.78 is 1.96. The van der Waals surface area contributed by atoms with E-state index in [-0.39, 0.29) is 0 Å². The van der Waals surface area contributed by atoms with Crippen LogP contribution in [0.4, 0.5) is 0 Å². The zero-order valence-corrected chi connectivity index (χ0v) is 9.27. The minimum absolute atomic E-state index is 0.450. The number of aromatic nitrogens is 3. The van der Waals surface area contributed by atoms with Crippen LogP contribution in [0.3, 0.4) is 0 Å². The standard InChI is InChI=1S/C11H19N3/c1-9-4-5-10(11(9,2)3)6-14-8-12-7-13-14/h7-10H,4-6H2,1-3H3/t9-,10+/m0/s1. The van der Waals surface area contributed by atoms with E-state index in [2.05, 4.69) is 30.9 Å². The lowest BCUT2D eigenvalue weighted by atomic mass is 9.76. The molecule has 3 nitrogen and oxygen atoms in total. The maximum absolute atomic E-state index is 4.18. The van der Waals surface area contributed by atoms with E-state index >= 15 is 0 Å². The van der Waals surface area contributed by atoms with Crippen molar-refractivity contribution in [2.45, 2.75) is 40.2 Å². The summed E-state index contributed by atoms with van der Waals surface area (Å²) in [6.45, 7) is 8.15.